The Hall–Kier alpha value is -0.900. The predicted octanol–water partition coefficient (Wildman–Crippen LogP) is -0.408. The average Bonchev–Trinajstić information content (AvgIpc) is 2.04. The van der Waals surface area contributed by atoms with Crippen LogP contribution in [-0.4, -0.2) is 22.9 Å². The van der Waals surface area contributed by atoms with E-state index < -0.39 is 11.7 Å². The van der Waals surface area contributed by atoms with E-state index in [9.17, 15) is 9.59 Å². The van der Waals surface area contributed by atoms with Crippen molar-refractivity contribution < 1.29 is 14.7 Å². The van der Waals surface area contributed by atoms with Crippen LogP contribution >= 0.6 is 0 Å². The van der Waals surface area contributed by atoms with Gasteiger partial charge in [-0.15, -0.1) is 0 Å². The minimum Gasteiger partial charge on any atom is -0.393 e. The SMILES string of the molecule is NC(=O)C(=O)C1CCC(O)CC1. The summed E-state index contributed by atoms with van der Waals surface area (Å²) in [6, 6.07) is 0. The van der Waals surface area contributed by atoms with Crippen molar-refractivity contribution in [3.63, 3.8) is 0 Å². The van der Waals surface area contributed by atoms with E-state index in [4.69, 9.17) is 10.8 Å². The second kappa shape index (κ2) is 3.67. The first-order valence-electron chi connectivity index (χ1n) is 4.13. The Kier molecular flexibility index (Phi) is 2.81. The van der Waals surface area contributed by atoms with Crippen LogP contribution in [0.4, 0.5) is 0 Å². The monoisotopic (exact) mass is 171 g/mol. The van der Waals surface area contributed by atoms with Crippen LogP contribution in [0.15, 0.2) is 0 Å². The molecule has 1 amide bonds. The molecule has 1 aliphatic carbocycles. The maximum Gasteiger partial charge on any atom is 0.285 e. The summed E-state index contributed by atoms with van der Waals surface area (Å²) in [4.78, 5) is 21.5. The molecule has 0 unspecified atom stereocenters. The zero-order valence-corrected chi connectivity index (χ0v) is 6.82. The third-order valence-electron chi connectivity index (χ3n) is 2.31. The van der Waals surface area contributed by atoms with Crippen molar-refractivity contribution in [3.05, 3.63) is 0 Å². The summed E-state index contributed by atoms with van der Waals surface area (Å²) in [5, 5.41) is 9.12. The number of aliphatic hydroxyl groups is 1. The molecule has 0 aromatic carbocycles. The highest BCUT2D eigenvalue weighted by molar-refractivity contribution is 6.36. The molecule has 1 saturated carbocycles. The highest BCUT2D eigenvalue weighted by atomic mass is 16.3. The lowest BCUT2D eigenvalue weighted by Crippen LogP contribution is -2.33. The Morgan fingerprint density at radius 1 is 1.17 bits per heavy atom. The van der Waals surface area contributed by atoms with E-state index in [0.29, 0.717) is 25.7 Å². The lowest BCUT2D eigenvalue weighted by molar-refractivity contribution is -0.139. The predicted molar refractivity (Wildman–Crippen MR) is 42.2 cm³/mol. The molecule has 0 bridgehead atoms. The maximum atomic E-state index is 11.0. The molecule has 0 radical (unpaired) electrons. The fourth-order valence-corrected chi connectivity index (χ4v) is 1.54. The normalized spacial score (nSPS) is 29.8. The van der Waals surface area contributed by atoms with E-state index in [1.807, 2.05) is 0 Å². The van der Waals surface area contributed by atoms with Gasteiger partial charge in [0, 0.05) is 5.92 Å². The van der Waals surface area contributed by atoms with Crippen molar-refractivity contribution in [2.45, 2.75) is 31.8 Å². The van der Waals surface area contributed by atoms with E-state index in [1.165, 1.54) is 0 Å². The molecular weight excluding hydrogens is 158 g/mol. The van der Waals surface area contributed by atoms with Crippen LogP contribution in [0, 0.1) is 5.92 Å². The molecular formula is C8H13NO3. The standard InChI is InChI=1S/C8H13NO3/c9-8(12)7(11)5-1-3-6(10)4-2-5/h5-6,10H,1-4H2,(H2,9,12). The Balaban J connectivity index is 2.44. The van der Waals surface area contributed by atoms with Gasteiger partial charge in [-0.05, 0) is 25.7 Å². The number of Topliss-reactive ketones (excluding diaryl/α,β-unsaturated/α-hetero) is 1. The van der Waals surface area contributed by atoms with E-state index in [1.54, 1.807) is 0 Å². The molecule has 12 heavy (non-hydrogen) atoms. The van der Waals surface area contributed by atoms with Gasteiger partial charge in [0.2, 0.25) is 5.78 Å². The third kappa shape index (κ3) is 2.04. The fraction of sp³-hybridized carbons (Fsp3) is 0.750. The molecule has 1 rings (SSSR count). The van der Waals surface area contributed by atoms with Crippen molar-refractivity contribution in [3.8, 4) is 0 Å². The van der Waals surface area contributed by atoms with Crippen LogP contribution in [0.3, 0.4) is 0 Å². The number of carbonyl (C=O) groups is 2. The quantitative estimate of drug-likeness (QED) is 0.554. The molecule has 0 aliphatic heterocycles. The molecule has 0 spiro atoms. The molecule has 0 atom stereocenters. The van der Waals surface area contributed by atoms with Gasteiger partial charge in [-0.25, -0.2) is 0 Å². The number of aliphatic hydroxyl groups excluding tert-OH is 1. The number of primary amides is 1. The Morgan fingerprint density at radius 3 is 2.08 bits per heavy atom. The lowest BCUT2D eigenvalue weighted by atomic mass is 9.84. The van der Waals surface area contributed by atoms with Crippen molar-refractivity contribution in [2.24, 2.45) is 11.7 Å². The second-order valence-corrected chi connectivity index (χ2v) is 3.23. The number of hydrogen-bond acceptors (Lipinski definition) is 3. The van der Waals surface area contributed by atoms with Crippen molar-refractivity contribution in [1.82, 2.24) is 0 Å². The van der Waals surface area contributed by atoms with Gasteiger partial charge in [-0.3, -0.25) is 9.59 Å². The van der Waals surface area contributed by atoms with Gasteiger partial charge in [-0.1, -0.05) is 0 Å². The van der Waals surface area contributed by atoms with E-state index in [0.717, 1.165) is 0 Å². The average molecular weight is 171 g/mol. The smallest absolute Gasteiger partial charge is 0.285 e. The number of nitrogens with two attached hydrogens (primary N) is 1. The van der Waals surface area contributed by atoms with Crippen LogP contribution < -0.4 is 5.73 Å². The van der Waals surface area contributed by atoms with Gasteiger partial charge < -0.3 is 10.8 Å². The zero-order valence-electron chi connectivity index (χ0n) is 6.82. The van der Waals surface area contributed by atoms with E-state index in [-0.39, 0.29) is 12.0 Å². The van der Waals surface area contributed by atoms with Crippen LogP contribution in [0.2, 0.25) is 0 Å². The lowest BCUT2D eigenvalue weighted by Gasteiger charge is -2.22. The highest BCUT2D eigenvalue weighted by Crippen LogP contribution is 2.24. The van der Waals surface area contributed by atoms with Crippen molar-refractivity contribution >= 4 is 11.7 Å². The van der Waals surface area contributed by atoms with Crippen LogP contribution in [0.1, 0.15) is 25.7 Å². The number of amides is 1. The number of ketones is 1. The van der Waals surface area contributed by atoms with Gasteiger partial charge >= 0.3 is 0 Å². The first kappa shape index (κ1) is 9.19. The number of rotatable bonds is 2. The highest BCUT2D eigenvalue weighted by Gasteiger charge is 2.27. The summed E-state index contributed by atoms with van der Waals surface area (Å²) in [5.74, 6) is -1.58. The van der Waals surface area contributed by atoms with Crippen LogP contribution in [0.25, 0.3) is 0 Å². The Morgan fingerprint density at radius 2 is 1.67 bits per heavy atom. The van der Waals surface area contributed by atoms with Gasteiger partial charge in [0.1, 0.15) is 0 Å². The van der Waals surface area contributed by atoms with Gasteiger partial charge in [0.15, 0.2) is 0 Å². The molecule has 4 heteroatoms. The summed E-state index contributed by atoms with van der Waals surface area (Å²) >= 11 is 0. The summed E-state index contributed by atoms with van der Waals surface area (Å²) in [7, 11) is 0. The minimum atomic E-state index is -0.851. The van der Waals surface area contributed by atoms with Crippen LogP contribution in [-0.2, 0) is 9.59 Å². The van der Waals surface area contributed by atoms with Gasteiger partial charge in [-0.2, -0.15) is 0 Å². The number of hydrogen-bond donors (Lipinski definition) is 2. The van der Waals surface area contributed by atoms with Crippen molar-refractivity contribution in [1.29, 1.82) is 0 Å². The second-order valence-electron chi connectivity index (χ2n) is 3.23. The molecule has 0 saturated heterocycles. The third-order valence-corrected chi connectivity index (χ3v) is 2.31. The molecule has 3 N–H and O–H groups in total. The Labute approximate surface area is 70.7 Å². The summed E-state index contributed by atoms with van der Waals surface area (Å²) in [5.41, 5.74) is 4.85. The molecule has 0 heterocycles. The van der Waals surface area contributed by atoms with Crippen molar-refractivity contribution in [2.75, 3.05) is 0 Å². The first-order chi connectivity index (χ1) is 5.61. The molecule has 68 valence electrons. The van der Waals surface area contributed by atoms with Gasteiger partial charge in [0.25, 0.3) is 5.91 Å². The minimum absolute atomic E-state index is 0.245. The largest absolute Gasteiger partial charge is 0.393 e. The molecule has 0 aromatic heterocycles. The first-order valence-corrected chi connectivity index (χ1v) is 4.13. The van der Waals surface area contributed by atoms with Crippen LogP contribution in [0.5, 0.6) is 0 Å². The van der Waals surface area contributed by atoms with E-state index >= 15 is 0 Å². The summed E-state index contributed by atoms with van der Waals surface area (Å²) in [6.07, 6.45) is 2.07. The summed E-state index contributed by atoms with van der Waals surface area (Å²) < 4.78 is 0. The Bertz CT molecular complexity index is 194. The van der Waals surface area contributed by atoms with Gasteiger partial charge in [0.05, 0.1) is 6.10 Å². The zero-order chi connectivity index (χ0) is 9.14. The fourth-order valence-electron chi connectivity index (χ4n) is 1.54. The summed E-state index contributed by atoms with van der Waals surface area (Å²) in [6.45, 7) is 0. The van der Waals surface area contributed by atoms with E-state index in [2.05, 4.69) is 0 Å². The molecule has 0 aromatic rings. The molecule has 4 nitrogen and oxygen atoms in total. The molecule has 1 fully saturated rings. The topological polar surface area (TPSA) is 80.4 Å². The maximum absolute atomic E-state index is 11.0. The number of carbonyl (C=O) groups excluding carboxylic acids is 2. The molecule has 1 aliphatic rings.